The highest BCUT2D eigenvalue weighted by Crippen LogP contribution is 2.28. The smallest absolute Gasteiger partial charge is 0.257 e. The Bertz CT molecular complexity index is 1580. The van der Waals surface area contributed by atoms with Gasteiger partial charge in [0, 0.05) is 6.54 Å². The van der Waals surface area contributed by atoms with E-state index in [-0.39, 0.29) is 17.3 Å². The number of benzene rings is 3. The van der Waals surface area contributed by atoms with Crippen LogP contribution >= 0.6 is 23.2 Å². The van der Waals surface area contributed by atoms with E-state index in [0.717, 1.165) is 5.56 Å². The normalized spacial score (nSPS) is 11.5. The SMILES string of the molecule is Nc1c(C(=O)NCCc2ccccc2)c2nc3ccccc3nc2n1N=Cc1ccc(Cl)c(Cl)c1. The molecule has 2 heterocycles. The Balaban J connectivity index is 1.54. The van der Waals surface area contributed by atoms with Crippen molar-refractivity contribution in [2.45, 2.75) is 6.42 Å². The topological polar surface area (TPSA) is 98.2 Å². The molecule has 3 aromatic carbocycles. The van der Waals surface area contributed by atoms with Crippen LogP contribution in [0.25, 0.3) is 22.2 Å². The third kappa shape index (κ3) is 4.69. The van der Waals surface area contributed by atoms with Crippen LogP contribution < -0.4 is 11.1 Å². The minimum atomic E-state index is -0.337. The van der Waals surface area contributed by atoms with Crippen molar-refractivity contribution in [2.24, 2.45) is 5.10 Å². The summed E-state index contributed by atoms with van der Waals surface area (Å²) in [6, 6.07) is 22.5. The minimum Gasteiger partial charge on any atom is -0.383 e. The van der Waals surface area contributed by atoms with Gasteiger partial charge in [-0.2, -0.15) is 9.78 Å². The van der Waals surface area contributed by atoms with Crippen LogP contribution in [0.4, 0.5) is 5.82 Å². The molecule has 9 heteroatoms. The van der Waals surface area contributed by atoms with Crippen molar-refractivity contribution in [3.8, 4) is 0 Å². The van der Waals surface area contributed by atoms with Crippen molar-refractivity contribution in [3.63, 3.8) is 0 Å². The number of fused-ring (bicyclic) bond motifs is 2. The summed E-state index contributed by atoms with van der Waals surface area (Å²) in [6.45, 7) is 0.447. The molecular formula is C26H20Cl2N6O. The fraction of sp³-hybridized carbons (Fsp3) is 0.0769. The maximum Gasteiger partial charge on any atom is 0.257 e. The fourth-order valence-electron chi connectivity index (χ4n) is 3.76. The van der Waals surface area contributed by atoms with Crippen molar-refractivity contribution in [1.82, 2.24) is 20.0 Å². The van der Waals surface area contributed by atoms with E-state index in [1.165, 1.54) is 4.68 Å². The van der Waals surface area contributed by atoms with Crippen LogP contribution in [0, 0.1) is 0 Å². The highest BCUT2D eigenvalue weighted by Gasteiger charge is 2.24. The fourth-order valence-corrected chi connectivity index (χ4v) is 4.07. The molecule has 5 rings (SSSR count). The lowest BCUT2D eigenvalue weighted by Gasteiger charge is -2.06. The zero-order valence-corrected chi connectivity index (χ0v) is 20.0. The number of para-hydroxylation sites is 2. The Hall–Kier alpha value is -3.94. The van der Waals surface area contributed by atoms with Gasteiger partial charge in [0.1, 0.15) is 16.9 Å². The first-order chi connectivity index (χ1) is 17.0. The van der Waals surface area contributed by atoms with E-state index in [4.69, 9.17) is 38.9 Å². The summed E-state index contributed by atoms with van der Waals surface area (Å²) < 4.78 is 1.42. The number of anilines is 1. The first-order valence-corrected chi connectivity index (χ1v) is 11.6. The van der Waals surface area contributed by atoms with Crippen molar-refractivity contribution in [2.75, 3.05) is 12.3 Å². The van der Waals surface area contributed by atoms with E-state index in [1.807, 2.05) is 54.6 Å². The van der Waals surface area contributed by atoms with Gasteiger partial charge in [-0.3, -0.25) is 4.79 Å². The molecule has 0 fully saturated rings. The summed E-state index contributed by atoms with van der Waals surface area (Å²) in [7, 11) is 0. The Morgan fingerprint density at radius 3 is 2.43 bits per heavy atom. The number of aromatic nitrogens is 3. The van der Waals surface area contributed by atoms with Crippen LogP contribution in [0.5, 0.6) is 0 Å². The van der Waals surface area contributed by atoms with Gasteiger partial charge in [0.25, 0.3) is 5.91 Å². The van der Waals surface area contributed by atoms with Crippen molar-refractivity contribution in [3.05, 3.63) is 99.5 Å². The Kier molecular flexibility index (Phi) is 6.35. The quantitative estimate of drug-likeness (QED) is 0.306. The molecule has 174 valence electrons. The third-order valence-electron chi connectivity index (χ3n) is 5.51. The van der Waals surface area contributed by atoms with Gasteiger partial charge in [-0.05, 0) is 41.8 Å². The molecule has 1 amide bonds. The lowest BCUT2D eigenvalue weighted by molar-refractivity contribution is 0.0956. The van der Waals surface area contributed by atoms with E-state index < -0.39 is 0 Å². The lowest BCUT2D eigenvalue weighted by atomic mass is 10.1. The number of rotatable bonds is 6. The molecule has 0 spiro atoms. The number of amides is 1. The number of nitrogens with zero attached hydrogens (tertiary/aromatic N) is 4. The average Bonchev–Trinajstić information content (AvgIpc) is 3.14. The predicted octanol–water partition coefficient (Wildman–Crippen LogP) is 5.33. The molecule has 0 aliphatic carbocycles. The van der Waals surface area contributed by atoms with Gasteiger partial charge in [-0.25, -0.2) is 9.97 Å². The van der Waals surface area contributed by atoms with Crippen LogP contribution in [0.1, 0.15) is 21.5 Å². The predicted molar refractivity (Wildman–Crippen MR) is 141 cm³/mol. The van der Waals surface area contributed by atoms with Crippen LogP contribution in [0.2, 0.25) is 10.0 Å². The van der Waals surface area contributed by atoms with Crippen molar-refractivity contribution < 1.29 is 4.79 Å². The molecule has 35 heavy (non-hydrogen) atoms. The number of carbonyl (C=O) groups excluding carboxylic acids is 1. The molecule has 0 saturated heterocycles. The van der Waals surface area contributed by atoms with E-state index in [9.17, 15) is 4.79 Å². The van der Waals surface area contributed by atoms with Gasteiger partial charge in [0.15, 0.2) is 5.65 Å². The number of hydrogen-bond acceptors (Lipinski definition) is 5. The molecule has 0 aliphatic rings. The van der Waals surface area contributed by atoms with E-state index in [2.05, 4.69) is 10.4 Å². The highest BCUT2D eigenvalue weighted by atomic mass is 35.5. The van der Waals surface area contributed by atoms with Crippen LogP contribution in [0.15, 0.2) is 77.9 Å². The molecule has 0 aliphatic heterocycles. The first-order valence-electron chi connectivity index (χ1n) is 10.9. The molecular weight excluding hydrogens is 483 g/mol. The van der Waals surface area contributed by atoms with Crippen LogP contribution in [0.3, 0.4) is 0 Å². The Morgan fingerprint density at radius 1 is 0.971 bits per heavy atom. The number of nitrogens with one attached hydrogen (secondary N) is 1. The largest absolute Gasteiger partial charge is 0.383 e. The van der Waals surface area contributed by atoms with Gasteiger partial charge >= 0.3 is 0 Å². The van der Waals surface area contributed by atoms with Gasteiger partial charge < -0.3 is 11.1 Å². The molecule has 5 aromatic rings. The van der Waals surface area contributed by atoms with Gasteiger partial charge in [0.2, 0.25) is 0 Å². The van der Waals surface area contributed by atoms with Crippen LogP contribution in [-0.2, 0) is 6.42 Å². The van der Waals surface area contributed by atoms with Gasteiger partial charge in [-0.1, -0.05) is 71.7 Å². The van der Waals surface area contributed by atoms with Gasteiger partial charge in [0.05, 0.1) is 27.3 Å². The number of nitrogen functional groups attached to an aromatic ring is 1. The lowest BCUT2D eigenvalue weighted by Crippen LogP contribution is -2.26. The van der Waals surface area contributed by atoms with Crippen molar-refractivity contribution in [1.29, 1.82) is 0 Å². The molecule has 0 radical (unpaired) electrons. The molecule has 2 aromatic heterocycles. The first kappa shape index (κ1) is 22.8. The summed E-state index contributed by atoms with van der Waals surface area (Å²) >= 11 is 12.1. The second kappa shape index (κ2) is 9.74. The zero-order chi connectivity index (χ0) is 24.4. The second-order valence-electron chi connectivity index (χ2n) is 7.87. The Morgan fingerprint density at radius 2 is 1.69 bits per heavy atom. The van der Waals surface area contributed by atoms with E-state index in [0.29, 0.717) is 50.8 Å². The molecule has 3 N–H and O–H groups in total. The summed E-state index contributed by atoms with van der Waals surface area (Å²) in [4.78, 5) is 22.6. The Labute approximate surface area is 211 Å². The van der Waals surface area contributed by atoms with E-state index >= 15 is 0 Å². The molecule has 0 unspecified atom stereocenters. The number of nitrogens with two attached hydrogens (primary N) is 1. The number of hydrogen-bond donors (Lipinski definition) is 2. The minimum absolute atomic E-state index is 0.142. The number of halogens is 2. The van der Waals surface area contributed by atoms with E-state index in [1.54, 1.807) is 24.4 Å². The molecule has 0 saturated carbocycles. The second-order valence-corrected chi connectivity index (χ2v) is 8.68. The zero-order valence-electron chi connectivity index (χ0n) is 18.5. The summed E-state index contributed by atoms with van der Waals surface area (Å²) in [5.41, 5.74) is 10.6. The molecule has 0 bridgehead atoms. The number of carbonyl (C=O) groups is 1. The van der Waals surface area contributed by atoms with Crippen LogP contribution in [-0.4, -0.2) is 33.3 Å². The summed E-state index contributed by atoms with van der Waals surface area (Å²) in [5.74, 6) is -0.194. The average molecular weight is 503 g/mol. The third-order valence-corrected chi connectivity index (χ3v) is 6.25. The van der Waals surface area contributed by atoms with Gasteiger partial charge in [-0.15, -0.1) is 0 Å². The molecule has 7 nitrogen and oxygen atoms in total. The molecule has 0 atom stereocenters. The maximum absolute atomic E-state index is 13.2. The maximum atomic E-state index is 13.2. The standard InChI is InChI=1S/C26H20Cl2N6O/c27-18-11-10-17(14-19(18)28)15-31-34-24(29)22(26(35)30-13-12-16-6-2-1-3-7-16)23-25(34)33-21-9-5-4-8-20(21)32-23/h1-11,14-15H,12-13,29H2,(H,30,35). The summed E-state index contributed by atoms with van der Waals surface area (Å²) in [6.07, 6.45) is 2.27. The monoisotopic (exact) mass is 502 g/mol. The van der Waals surface area contributed by atoms with Crippen molar-refractivity contribution >= 4 is 63.3 Å². The summed E-state index contributed by atoms with van der Waals surface area (Å²) in [5, 5.41) is 8.29. The highest BCUT2D eigenvalue weighted by molar-refractivity contribution is 6.42.